The third kappa shape index (κ3) is 3.50. The van der Waals surface area contributed by atoms with Gasteiger partial charge in [0.1, 0.15) is 0 Å². The minimum Gasteiger partial charge on any atom is -0.336 e. The van der Waals surface area contributed by atoms with Gasteiger partial charge in [0.25, 0.3) is 5.91 Å². The van der Waals surface area contributed by atoms with Crippen LogP contribution in [0.1, 0.15) is 24.2 Å². The van der Waals surface area contributed by atoms with Gasteiger partial charge in [-0.2, -0.15) is 0 Å². The van der Waals surface area contributed by atoms with Crippen LogP contribution in [0.15, 0.2) is 22.7 Å². The third-order valence-corrected chi connectivity index (χ3v) is 4.31. The van der Waals surface area contributed by atoms with Gasteiger partial charge in [-0.05, 0) is 32.0 Å². The monoisotopic (exact) mass is 344 g/mol. The van der Waals surface area contributed by atoms with Gasteiger partial charge in [0.15, 0.2) is 0 Å². The molecule has 0 atom stereocenters. The summed E-state index contributed by atoms with van der Waals surface area (Å²) in [4.78, 5) is 16.7. The van der Waals surface area contributed by atoms with E-state index >= 15 is 0 Å². The van der Waals surface area contributed by atoms with E-state index in [9.17, 15) is 4.79 Å². The molecule has 0 aliphatic carbocycles. The van der Waals surface area contributed by atoms with Gasteiger partial charge in [-0.25, -0.2) is 0 Å². The van der Waals surface area contributed by atoms with Crippen molar-refractivity contribution < 1.29 is 4.79 Å². The Labute approximate surface area is 127 Å². The second-order valence-corrected chi connectivity index (χ2v) is 6.37. The Hall–Kier alpha value is -0.580. The highest BCUT2D eigenvalue weighted by Gasteiger charge is 2.24. The van der Waals surface area contributed by atoms with E-state index in [1.165, 1.54) is 0 Å². The van der Waals surface area contributed by atoms with Crippen molar-refractivity contribution in [2.75, 3.05) is 26.2 Å². The van der Waals surface area contributed by atoms with Gasteiger partial charge in [-0.1, -0.05) is 27.5 Å². The van der Waals surface area contributed by atoms with Crippen molar-refractivity contribution >= 4 is 33.4 Å². The number of amides is 1. The highest BCUT2D eigenvalue weighted by atomic mass is 79.9. The molecule has 1 amide bonds. The summed E-state index contributed by atoms with van der Waals surface area (Å²) in [7, 11) is 0. The van der Waals surface area contributed by atoms with E-state index in [1.807, 2.05) is 11.0 Å². The lowest BCUT2D eigenvalue weighted by Crippen LogP contribution is -2.50. The Morgan fingerprint density at radius 3 is 2.47 bits per heavy atom. The number of nitrogens with zero attached hydrogens (tertiary/aromatic N) is 2. The largest absolute Gasteiger partial charge is 0.336 e. The van der Waals surface area contributed by atoms with Crippen LogP contribution in [0.3, 0.4) is 0 Å². The molecule has 0 bridgehead atoms. The number of benzene rings is 1. The van der Waals surface area contributed by atoms with Crippen molar-refractivity contribution in [3.05, 3.63) is 33.3 Å². The van der Waals surface area contributed by atoms with E-state index in [2.05, 4.69) is 34.7 Å². The Bertz CT molecular complexity index is 471. The maximum absolute atomic E-state index is 12.5. The second-order valence-electron chi connectivity index (χ2n) is 5.05. The smallest absolute Gasteiger partial charge is 0.255 e. The fourth-order valence-corrected chi connectivity index (χ4v) is 2.83. The highest BCUT2D eigenvalue weighted by molar-refractivity contribution is 9.10. The summed E-state index contributed by atoms with van der Waals surface area (Å²) in [6, 6.07) is 5.92. The van der Waals surface area contributed by atoms with Gasteiger partial charge in [-0.3, -0.25) is 9.69 Å². The molecule has 0 aromatic heterocycles. The predicted octanol–water partition coefficient (Wildman–Crippen LogP) is 3.27. The summed E-state index contributed by atoms with van der Waals surface area (Å²) >= 11 is 9.49. The zero-order chi connectivity index (χ0) is 14.0. The fourth-order valence-electron chi connectivity index (χ4n) is 2.27. The Morgan fingerprint density at radius 1 is 1.26 bits per heavy atom. The Balaban J connectivity index is 2.07. The molecule has 1 saturated heterocycles. The van der Waals surface area contributed by atoms with Crippen LogP contribution in [0.5, 0.6) is 0 Å². The molecule has 19 heavy (non-hydrogen) atoms. The molecule has 0 spiro atoms. The minimum atomic E-state index is 0.0229. The van der Waals surface area contributed by atoms with E-state index in [4.69, 9.17) is 11.6 Å². The average Bonchev–Trinajstić information content (AvgIpc) is 2.41. The lowest BCUT2D eigenvalue weighted by atomic mass is 10.1. The number of rotatable bonds is 2. The molecule has 1 heterocycles. The van der Waals surface area contributed by atoms with Crippen molar-refractivity contribution in [3.8, 4) is 0 Å². The van der Waals surface area contributed by atoms with E-state index < -0.39 is 0 Å². The van der Waals surface area contributed by atoms with Crippen molar-refractivity contribution in [2.24, 2.45) is 0 Å². The van der Waals surface area contributed by atoms with Crippen LogP contribution in [0.4, 0.5) is 0 Å². The molecule has 104 valence electrons. The van der Waals surface area contributed by atoms with E-state index in [0.717, 1.165) is 30.7 Å². The van der Waals surface area contributed by atoms with Gasteiger partial charge in [0, 0.05) is 36.7 Å². The molecule has 0 N–H and O–H groups in total. The summed E-state index contributed by atoms with van der Waals surface area (Å²) < 4.78 is 0.876. The summed E-state index contributed by atoms with van der Waals surface area (Å²) in [5.41, 5.74) is 0.578. The molecule has 1 aromatic rings. The lowest BCUT2D eigenvalue weighted by Gasteiger charge is -2.37. The number of piperazine rings is 1. The molecule has 3 nitrogen and oxygen atoms in total. The van der Waals surface area contributed by atoms with Crippen LogP contribution in [0.2, 0.25) is 5.02 Å². The summed E-state index contributed by atoms with van der Waals surface area (Å²) in [5.74, 6) is 0.0229. The molecule has 0 saturated carbocycles. The zero-order valence-corrected chi connectivity index (χ0v) is 13.5. The molecule has 5 heteroatoms. The normalized spacial score (nSPS) is 17.0. The predicted molar refractivity (Wildman–Crippen MR) is 81.8 cm³/mol. The van der Waals surface area contributed by atoms with Crippen LogP contribution >= 0.6 is 27.5 Å². The van der Waals surface area contributed by atoms with Crippen LogP contribution in [-0.2, 0) is 0 Å². The molecule has 1 aliphatic heterocycles. The Kier molecular flexibility index (Phi) is 4.87. The number of halogens is 2. The molecule has 1 aromatic carbocycles. The van der Waals surface area contributed by atoms with Crippen molar-refractivity contribution in [3.63, 3.8) is 0 Å². The molecule has 2 rings (SSSR count). The summed E-state index contributed by atoms with van der Waals surface area (Å²) in [5, 5.41) is 0.513. The second kappa shape index (κ2) is 6.25. The number of carbonyl (C=O) groups is 1. The van der Waals surface area contributed by atoms with Crippen molar-refractivity contribution in [1.82, 2.24) is 9.80 Å². The average molecular weight is 346 g/mol. The maximum atomic E-state index is 12.5. The van der Waals surface area contributed by atoms with Gasteiger partial charge < -0.3 is 4.90 Å². The van der Waals surface area contributed by atoms with Crippen LogP contribution in [-0.4, -0.2) is 47.9 Å². The molecule has 1 fully saturated rings. The standard InChI is InChI=1S/C14H18BrClN2O/c1-10(2)17-5-7-18(8-6-17)14(19)12-9-11(15)3-4-13(12)16/h3-4,9-10H,5-8H2,1-2H3. The van der Waals surface area contributed by atoms with E-state index in [0.29, 0.717) is 16.6 Å². The van der Waals surface area contributed by atoms with Crippen LogP contribution in [0.25, 0.3) is 0 Å². The Morgan fingerprint density at radius 2 is 1.89 bits per heavy atom. The summed E-state index contributed by atoms with van der Waals surface area (Å²) in [6.07, 6.45) is 0. The SMILES string of the molecule is CC(C)N1CCN(C(=O)c2cc(Br)ccc2Cl)CC1. The van der Waals surface area contributed by atoms with Crippen molar-refractivity contribution in [1.29, 1.82) is 0 Å². The number of hydrogen-bond acceptors (Lipinski definition) is 2. The van der Waals surface area contributed by atoms with Gasteiger partial charge in [0.05, 0.1) is 10.6 Å². The third-order valence-electron chi connectivity index (χ3n) is 3.49. The first-order valence-corrected chi connectivity index (χ1v) is 7.64. The topological polar surface area (TPSA) is 23.6 Å². The van der Waals surface area contributed by atoms with Crippen LogP contribution < -0.4 is 0 Å². The zero-order valence-electron chi connectivity index (χ0n) is 11.2. The van der Waals surface area contributed by atoms with Crippen LogP contribution in [0, 0.1) is 0 Å². The maximum Gasteiger partial charge on any atom is 0.255 e. The van der Waals surface area contributed by atoms with Crippen molar-refractivity contribution in [2.45, 2.75) is 19.9 Å². The number of hydrogen-bond donors (Lipinski definition) is 0. The van der Waals surface area contributed by atoms with E-state index in [1.54, 1.807) is 12.1 Å². The number of carbonyl (C=O) groups excluding carboxylic acids is 1. The van der Waals surface area contributed by atoms with Gasteiger partial charge in [-0.15, -0.1) is 0 Å². The quantitative estimate of drug-likeness (QED) is 0.821. The first-order valence-electron chi connectivity index (χ1n) is 6.47. The summed E-state index contributed by atoms with van der Waals surface area (Å²) in [6.45, 7) is 7.75. The highest BCUT2D eigenvalue weighted by Crippen LogP contribution is 2.23. The first-order chi connectivity index (χ1) is 8.99. The molecule has 1 aliphatic rings. The first kappa shape index (κ1) is 14.8. The van der Waals surface area contributed by atoms with E-state index in [-0.39, 0.29) is 5.91 Å². The lowest BCUT2D eigenvalue weighted by molar-refractivity contribution is 0.0595. The fraction of sp³-hybridized carbons (Fsp3) is 0.500. The molecule has 0 radical (unpaired) electrons. The molecule has 0 unspecified atom stereocenters. The minimum absolute atomic E-state index is 0.0229. The molecular formula is C14H18BrClN2O. The van der Waals surface area contributed by atoms with Gasteiger partial charge in [0.2, 0.25) is 0 Å². The molecular weight excluding hydrogens is 328 g/mol. The van der Waals surface area contributed by atoms with Gasteiger partial charge >= 0.3 is 0 Å².